The Bertz CT molecular complexity index is 944. The first-order chi connectivity index (χ1) is 12.1. The van der Waals surface area contributed by atoms with Gasteiger partial charge in [0.2, 0.25) is 0 Å². The van der Waals surface area contributed by atoms with E-state index in [0.29, 0.717) is 12.8 Å². The minimum Gasteiger partial charge on any atom is -0.480 e. The third-order valence-corrected chi connectivity index (χ3v) is 6.71. The van der Waals surface area contributed by atoms with Crippen molar-refractivity contribution in [2.24, 2.45) is 11.3 Å². The van der Waals surface area contributed by atoms with Crippen LogP contribution in [-0.4, -0.2) is 39.8 Å². The molecule has 4 bridgehead atoms. The van der Waals surface area contributed by atoms with Gasteiger partial charge < -0.3 is 14.9 Å². The number of H-pyrrole nitrogens is 1. The predicted molar refractivity (Wildman–Crippen MR) is 93.2 cm³/mol. The number of rotatable bonds is 2. The number of carboxylic acids is 1. The van der Waals surface area contributed by atoms with Gasteiger partial charge in [-0.05, 0) is 31.4 Å². The van der Waals surface area contributed by atoms with E-state index in [-0.39, 0.29) is 18.0 Å². The monoisotopic (exact) mass is 336 g/mol. The number of hydrogen-bond acceptors (Lipinski definition) is 3. The summed E-state index contributed by atoms with van der Waals surface area (Å²) in [7, 11) is 0. The van der Waals surface area contributed by atoms with E-state index in [4.69, 9.17) is 0 Å². The minimum absolute atomic E-state index is 0.169. The zero-order valence-corrected chi connectivity index (χ0v) is 14.0. The number of para-hydroxylation sites is 1. The lowest BCUT2D eigenvalue weighted by Crippen LogP contribution is -2.69. The third-order valence-electron chi connectivity index (χ3n) is 6.71. The van der Waals surface area contributed by atoms with Gasteiger partial charge in [-0.25, -0.2) is 0 Å². The summed E-state index contributed by atoms with van der Waals surface area (Å²) in [6.45, 7) is 2.70. The lowest BCUT2D eigenvalue weighted by molar-refractivity contribution is -0.173. The number of piperidine rings is 3. The first-order valence-electron chi connectivity index (χ1n) is 8.81. The number of aldehydes is 1. The van der Waals surface area contributed by atoms with Crippen LogP contribution in [0.4, 0.5) is 0 Å². The second-order valence-corrected chi connectivity index (χ2v) is 7.48. The highest BCUT2D eigenvalue weighted by Crippen LogP contribution is 2.58. The number of allylic oxidation sites excluding steroid dienone is 1. The fraction of sp³-hybridized carbons (Fsp3) is 0.400. The largest absolute Gasteiger partial charge is 0.480 e. The van der Waals surface area contributed by atoms with Crippen LogP contribution in [0, 0.1) is 11.3 Å². The van der Waals surface area contributed by atoms with Crippen molar-refractivity contribution >= 4 is 23.2 Å². The summed E-state index contributed by atoms with van der Waals surface area (Å²) >= 11 is 0. The van der Waals surface area contributed by atoms with Gasteiger partial charge in [0, 0.05) is 35.1 Å². The molecule has 5 nitrogen and oxygen atoms in total. The average Bonchev–Trinajstić information content (AvgIpc) is 3.00. The fourth-order valence-corrected chi connectivity index (χ4v) is 5.56. The highest BCUT2D eigenvalue weighted by molar-refractivity contribution is 5.95. The van der Waals surface area contributed by atoms with Crippen molar-refractivity contribution in [2.75, 3.05) is 6.54 Å². The van der Waals surface area contributed by atoms with Crippen LogP contribution in [0.5, 0.6) is 0 Å². The van der Waals surface area contributed by atoms with Crippen molar-refractivity contribution in [3.8, 4) is 0 Å². The maximum Gasteiger partial charge on any atom is 0.319 e. The van der Waals surface area contributed by atoms with Crippen LogP contribution in [-0.2, 0) is 16.0 Å². The summed E-state index contributed by atoms with van der Waals surface area (Å²) in [6.07, 6.45) is 4.00. The summed E-state index contributed by atoms with van der Waals surface area (Å²) in [5, 5.41) is 11.2. The number of carbonyl (C=O) groups excluding carboxylic acids is 1. The van der Waals surface area contributed by atoms with Crippen molar-refractivity contribution in [3.05, 3.63) is 47.2 Å². The molecule has 1 aromatic carbocycles. The number of hydrogen-bond donors (Lipinski definition) is 2. The molecule has 5 heterocycles. The zero-order valence-electron chi connectivity index (χ0n) is 14.0. The number of fused-ring (bicyclic) bond motifs is 4. The van der Waals surface area contributed by atoms with Crippen LogP contribution < -0.4 is 0 Å². The second-order valence-electron chi connectivity index (χ2n) is 7.48. The number of nitrogens with one attached hydrogen (secondary N) is 1. The van der Waals surface area contributed by atoms with Crippen LogP contribution >= 0.6 is 0 Å². The molecule has 4 aliphatic rings. The van der Waals surface area contributed by atoms with Gasteiger partial charge in [-0.3, -0.25) is 9.69 Å². The first kappa shape index (κ1) is 14.9. The Labute approximate surface area is 145 Å². The molecular formula is C20H20N2O3. The molecule has 6 rings (SSSR count). The van der Waals surface area contributed by atoms with Crippen LogP contribution in [0.3, 0.4) is 0 Å². The quantitative estimate of drug-likeness (QED) is 0.502. The average molecular weight is 336 g/mol. The molecule has 5 atom stereocenters. The SMILES string of the molecule is C/C=C1/CN2[C@H]3Cc4c([nH]c5ccccc45)[C@@H]2C[C@@H]1[C@]3(C=O)C(=O)O. The molecular weight excluding hydrogens is 316 g/mol. The van der Waals surface area contributed by atoms with E-state index in [9.17, 15) is 14.7 Å². The van der Waals surface area contributed by atoms with Gasteiger partial charge in [-0.2, -0.15) is 0 Å². The highest BCUT2D eigenvalue weighted by atomic mass is 16.4. The number of aromatic amines is 1. The highest BCUT2D eigenvalue weighted by Gasteiger charge is 2.65. The van der Waals surface area contributed by atoms with Gasteiger partial charge in [0.15, 0.2) is 0 Å². The topological polar surface area (TPSA) is 73.4 Å². The Morgan fingerprint density at radius 1 is 1.40 bits per heavy atom. The zero-order chi connectivity index (χ0) is 17.3. The summed E-state index contributed by atoms with van der Waals surface area (Å²) < 4.78 is 0. The molecule has 1 unspecified atom stereocenters. The Kier molecular flexibility index (Phi) is 2.87. The molecule has 3 fully saturated rings. The summed E-state index contributed by atoms with van der Waals surface area (Å²) in [5.74, 6) is -1.20. The maximum absolute atomic E-state index is 12.3. The van der Waals surface area contributed by atoms with Gasteiger partial charge in [-0.1, -0.05) is 29.8 Å². The molecule has 128 valence electrons. The number of carbonyl (C=O) groups is 2. The number of carboxylic acid groups (broad SMARTS) is 1. The Hall–Kier alpha value is -2.40. The van der Waals surface area contributed by atoms with Gasteiger partial charge in [0.1, 0.15) is 11.7 Å². The molecule has 0 radical (unpaired) electrons. The Morgan fingerprint density at radius 3 is 2.92 bits per heavy atom. The lowest BCUT2D eigenvalue weighted by atomic mass is 9.55. The summed E-state index contributed by atoms with van der Waals surface area (Å²) in [4.78, 5) is 30.2. The molecule has 0 saturated carbocycles. The molecule has 0 spiro atoms. The standard InChI is InChI=1S/C20H20N2O3/c1-2-11-9-22-16-8-14(11)20(10-23,19(24)25)17(22)7-13-12-5-3-4-6-15(12)21-18(13)16/h2-6,10,14,16-17,21H,7-9H2,1H3,(H,24,25)/b11-2-/t14-,16-,17-,20-/m0/s1. The van der Waals surface area contributed by atoms with Crippen molar-refractivity contribution in [1.82, 2.24) is 9.88 Å². The lowest BCUT2D eigenvalue weighted by Gasteiger charge is -2.60. The number of aliphatic carboxylic acids is 1. The molecule has 4 aliphatic heterocycles. The second kappa shape index (κ2) is 4.82. The Balaban J connectivity index is 1.76. The van der Waals surface area contributed by atoms with Gasteiger partial charge in [0.25, 0.3) is 0 Å². The van der Waals surface area contributed by atoms with Crippen LogP contribution in [0.15, 0.2) is 35.9 Å². The predicted octanol–water partition coefficient (Wildman–Crippen LogP) is 2.69. The van der Waals surface area contributed by atoms with Crippen molar-refractivity contribution in [1.29, 1.82) is 0 Å². The van der Waals surface area contributed by atoms with Gasteiger partial charge in [-0.15, -0.1) is 0 Å². The molecule has 0 amide bonds. The van der Waals surface area contributed by atoms with Crippen molar-refractivity contribution < 1.29 is 14.7 Å². The normalized spacial score (nSPS) is 37.2. The van der Waals surface area contributed by atoms with E-state index < -0.39 is 11.4 Å². The minimum atomic E-state index is -1.34. The van der Waals surface area contributed by atoms with E-state index in [1.54, 1.807) is 0 Å². The van der Waals surface area contributed by atoms with Gasteiger partial charge in [0.05, 0.1) is 6.04 Å². The number of benzene rings is 1. The summed E-state index contributed by atoms with van der Waals surface area (Å²) in [5.41, 5.74) is 3.24. The van der Waals surface area contributed by atoms with Crippen molar-refractivity contribution in [3.63, 3.8) is 0 Å². The smallest absolute Gasteiger partial charge is 0.319 e. The number of aromatic nitrogens is 1. The Morgan fingerprint density at radius 2 is 2.20 bits per heavy atom. The van der Waals surface area contributed by atoms with Gasteiger partial charge >= 0.3 is 5.97 Å². The molecule has 0 aliphatic carbocycles. The maximum atomic E-state index is 12.3. The van der Waals surface area contributed by atoms with E-state index in [1.807, 2.05) is 25.1 Å². The molecule has 3 saturated heterocycles. The molecule has 25 heavy (non-hydrogen) atoms. The molecule has 1 aromatic heterocycles. The van der Waals surface area contributed by atoms with E-state index in [1.165, 1.54) is 11.3 Å². The van der Waals surface area contributed by atoms with Crippen molar-refractivity contribution in [2.45, 2.75) is 31.8 Å². The number of nitrogens with zero attached hydrogens (tertiary/aromatic N) is 1. The summed E-state index contributed by atoms with van der Waals surface area (Å²) in [6, 6.07) is 8.06. The van der Waals surface area contributed by atoms with E-state index in [0.717, 1.165) is 29.3 Å². The first-order valence-corrected chi connectivity index (χ1v) is 8.81. The molecule has 5 heteroatoms. The third kappa shape index (κ3) is 1.62. The van der Waals surface area contributed by atoms with Crippen LogP contribution in [0.2, 0.25) is 0 Å². The van der Waals surface area contributed by atoms with Crippen LogP contribution in [0.1, 0.15) is 30.6 Å². The van der Waals surface area contributed by atoms with Crippen LogP contribution in [0.25, 0.3) is 10.9 Å². The van der Waals surface area contributed by atoms with E-state index in [2.05, 4.69) is 22.0 Å². The molecule has 2 N–H and O–H groups in total. The molecule has 2 aromatic rings. The fourth-order valence-electron chi connectivity index (χ4n) is 5.56. The van der Waals surface area contributed by atoms with E-state index >= 15 is 0 Å².